The van der Waals surface area contributed by atoms with Gasteiger partial charge in [0.25, 0.3) is 0 Å². The first kappa shape index (κ1) is 26.1. The highest BCUT2D eigenvalue weighted by Crippen LogP contribution is 2.42. The first-order chi connectivity index (χ1) is 17.0. The Hall–Kier alpha value is -2.00. The van der Waals surface area contributed by atoms with E-state index >= 15 is 0 Å². The van der Waals surface area contributed by atoms with Crippen LogP contribution in [0.25, 0.3) is 0 Å². The van der Waals surface area contributed by atoms with E-state index in [0.717, 1.165) is 49.3 Å². The van der Waals surface area contributed by atoms with Crippen LogP contribution >= 0.6 is 0 Å². The maximum atomic E-state index is 13.8. The van der Waals surface area contributed by atoms with Crippen LogP contribution in [-0.2, 0) is 9.53 Å². The lowest BCUT2D eigenvalue weighted by Gasteiger charge is -2.38. The first-order valence-corrected chi connectivity index (χ1v) is 13.7. The van der Waals surface area contributed by atoms with Crippen LogP contribution in [0.1, 0.15) is 96.0 Å². The molecule has 4 nitrogen and oxygen atoms in total. The minimum Gasteiger partial charge on any atom is -0.426 e. The predicted octanol–water partition coefficient (Wildman–Crippen LogP) is 7.34. The molecule has 3 aliphatic carbocycles. The van der Waals surface area contributed by atoms with Crippen molar-refractivity contribution in [2.75, 3.05) is 6.61 Å². The van der Waals surface area contributed by atoms with Gasteiger partial charge in [-0.05, 0) is 87.9 Å². The van der Waals surface area contributed by atoms with Crippen molar-refractivity contribution in [1.29, 1.82) is 5.26 Å². The molecule has 4 rings (SSSR count). The van der Waals surface area contributed by atoms with Crippen molar-refractivity contribution in [3.8, 4) is 11.8 Å². The maximum Gasteiger partial charge on any atom is 0.314 e. The second-order valence-corrected chi connectivity index (χ2v) is 11.1. The molecule has 0 heterocycles. The molecule has 35 heavy (non-hydrogen) atoms. The number of hydrogen-bond acceptors (Lipinski definition) is 4. The van der Waals surface area contributed by atoms with Crippen LogP contribution in [0.4, 0.5) is 8.78 Å². The number of halogens is 2. The van der Waals surface area contributed by atoms with E-state index in [-0.39, 0.29) is 17.8 Å². The summed E-state index contributed by atoms with van der Waals surface area (Å²) < 4.78 is 39.0. The van der Waals surface area contributed by atoms with Crippen LogP contribution in [0.15, 0.2) is 12.1 Å². The van der Waals surface area contributed by atoms with E-state index in [1.807, 2.05) is 0 Å². The SMILES string of the molecule is CC[C@H]1CC[C@H]([C@H]2CC[C@H](CO[C@H]3CC[C@H](C(=O)Oc4cc(F)c(C#N)c(F)c4)CC3)CC2)CC1. The summed E-state index contributed by atoms with van der Waals surface area (Å²) in [4.78, 5) is 12.5. The third-order valence-corrected chi connectivity index (χ3v) is 8.95. The largest absolute Gasteiger partial charge is 0.426 e. The van der Waals surface area contributed by atoms with Crippen molar-refractivity contribution in [3.05, 3.63) is 29.3 Å². The summed E-state index contributed by atoms with van der Waals surface area (Å²) in [5.74, 6) is 0.479. The van der Waals surface area contributed by atoms with Gasteiger partial charge in [0.15, 0.2) is 0 Å². The highest BCUT2D eigenvalue weighted by molar-refractivity contribution is 5.75. The monoisotopic (exact) mass is 487 g/mol. The van der Waals surface area contributed by atoms with E-state index in [9.17, 15) is 13.6 Å². The average Bonchev–Trinajstić information content (AvgIpc) is 2.88. The Morgan fingerprint density at radius 1 is 0.886 bits per heavy atom. The highest BCUT2D eigenvalue weighted by Gasteiger charge is 2.32. The van der Waals surface area contributed by atoms with Gasteiger partial charge >= 0.3 is 5.97 Å². The summed E-state index contributed by atoms with van der Waals surface area (Å²) in [5, 5.41) is 8.76. The molecule has 0 aromatic heterocycles. The van der Waals surface area contributed by atoms with Crippen LogP contribution in [-0.4, -0.2) is 18.7 Å². The Morgan fingerprint density at radius 3 is 1.94 bits per heavy atom. The summed E-state index contributed by atoms with van der Waals surface area (Å²) in [6.07, 6.45) is 15.4. The summed E-state index contributed by atoms with van der Waals surface area (Å²) in [5.41, 5.74) is -0.671. The second-order valence-electron chi connectivity index (χ2n) is 11.1. The van der Waals surface area contributed by atoms with Crippen LogP contribution in [0.3, 0.4) is 0 Å². The number of carbonyl (C=O) groups excluding carboxylic acids is 1. The van der Waals surface area contributed by atoms with Gasteiger partial charge in [-0.15, -0.1) is 0 Å². The number of rotatable bonds is 7. The quantitative estimate of drug-likeness (QED) is 0.298. The second kappa shape index (κ2) is 12.3. The van der Waals surface area contributed by atoms with E-state index in [1.165, 1.54) is 63.9 Å². The van der Waals surface area contributed by atoms with E-state index in [1.54, 1.807) is 0 Å². The average molecular weight is 488 g/mol. The molecule has 0 N–H and O–H groups in total. The first-order valence-electron chi connectivity index (χ1n) is 13.7. The predicted molar refractivity (Wildman–Crippen MR) is 130 cm³/mol. The van der Waals surface area contributed by atoms with E-state index in [0.29, 0.717) is 18.8 Å². The fraction of sp³-hybridized carbons (Fsp3) is 0.724. The number of benzene rings is 1. The Kier molecular flexibility index (Phi) is 9.16. The van der Waals surface area contributed by atoms with Crippen molar-refractivity contribution in [2.45, 2.75) is 96.5 Å². The Bertz CT molecular complexity index is 867. The van der Waals surface area contributed by atoms with Crippen LogP contribution in [0.2, 0.25) is 0 Å². The van der Waals surface area contributed by atoms with Crippen molar-refractivity contribution in [1.82, 2.24) is 0 Å². The topological polar surface area (TPSA) is 59.3 Å². The molecule has 0 saturated heterocycles. The molecule has 0 amide bonds. The zero-order valence-corrected chi connectivity index (χ0v) is 20.9. The molecule has 1 aromatic carbocycles. The molecule has 192 valence electrons. The highest BCUT2D eigenvalue weighted by atomic mass is 19.1. The fourth-order valence-electron chi connectivity index (χ4n) is 6.55. The molecule has 3 aliphatic rings. The Morgan fingerprint density at radius 2 is 1.43 bits per heavy atom. The van der Waals surface area contributed by atoms with Crippen LogP contribution in [0.5, 0.6) is 5.75 Å². The number of carbonyl (C=O) groups is 1. The van der Waals surface area contributed by atoms with Gasteiger partial charge in [0.05, 0.1) is 12.0 Å². The molecule has 0 aliphatic heterocycles. The molecule has 0 spiro atoms. The van der Waals surface area contributed by atoms with Gasteiger partial charge in [-0.25, -0.2) is 8.78 Å². The molecule has 6 heteroatoms. The van der Waals surface area contributed by atoms with Gasteiger partial charge in [-0.3, -0.25) is 4.79 Å². The zero-order valence-electron chi connectivity index (χ0n) is 20.9. The van der Waals surface area contributed by atoms with Crippen molar-refractivity contribution >= 4 is 5.97 Å². The van der Waals surface area contributed by atoms with Gasteiger partial charge in [0.2, 0.25) is 0 Å². The smallest absolute Gasteiger partial charge is 0.314 e. The number of hydrogen-bond donors (Lipinski definition) is 0. The Balaban J connectivity index is 1.13. The molecule has 0 unspecified atom stereocenters. The maximum absolute atomic E-state index is 13.8. The number of ether oxygens (including phenoxy) is 2. The van der Waals surface area contributed by atoms with Gasteiger partial charge in [-0.2, -0.15) is 5.26 Å². The van der Waals surface area contributed by atoms with Gasteiger partial charge in [-0.1, -0.05) is 26.2 Å². The minimum absolute atomic E-state index is 0.172. The number of nitriles is 1. The lowest BCUT2D eigenvalue weighted by molar-refractivity contribution is -0.141. The van der Waals surface area contributed by atoms with Crippen molar-refractivity contribution in [2.24, 2.45) is 29.6 Å². The summed E-state index contributed by atoms with van der Waals surface area (Å²) >= 11 is 0. The third-order valence-electron chi connectivity index (χ3n) is 8.95. The van der Waals surface area contributed by atoms with E-state index < -0.39 is 23.2 Å². The molecule has 0 atom stereocenters. The van der Waals surface area contributed by atoms with Gasteiger partial charge in [0, 0.05) is 18.7 Å². The fourth-order valence-corrected chi connectivity index (χ4v) is 6.55. The van der Waals surface area contributed by atoms with Crippen molar-refractivity contribution < 1.29 is 23.0 Å². The Labute approximate surface area is 208 Å². The minimum atomic E-state index is -1.02. The summed E-state index contributed by atoms with van der Waals surface area (Å²) in [6.45, 7) is 3.15. The molecule has 3 saturated carbocycles. The van der Waals surface area contributed by atoms with Crippen LogP contribution in [0, 0.1) is 52.6 Å². The van der Waals surface area contributed by atoms with E-state index in [2.05, 4.69) is 6.92 Å². The van der Waals surface area contributed by atoms with Gasteiger partial charge in [0.1, 0.15) is 29.0 Å². The molecular formula is C29H39F2NO3. The van der Waals surface area contributed by atoms with Crippen LogP contribution < -0.4 is 4.74 Å². The van der Waals surface area contributed by atoms with Gasteiger partial charge < -0.3 is 9.47 Å². The zero-order chi connectivity index (χ0) is 24.8. The molecule has 1 aromatic rings. The molecule has 0 radical (unpaired) electrons. The lowest BCUT2D eigenvalue weighted by atomic mass is 9.69. The number of nitrogens with zero attached hydrogens (tertiary/aromatic N) is 1. The standard InChI is InChI=1S/C29H39F2NO3/c1-2-19-3-7-21(8-4-19)22-9-5-20(6-10-22)18-34-24-13-11-23(12-14-24)29(33)35-25-15-27(30)26(17-32)28(31)16-25/h15-16,19-24H,2-14,18H2,1H3/t19-,20-,21-,22-,23-,24-. The summed E-state index contributed by atoms with van der Waals surface area (Å²) in [6, 6.07) is 3.24. The molecule has 0 bridgehead atoms. The third kappa shape index (κ3) is 6.82. The normalized spacial score (nSPS) is 31.5. The lowest BCUT2D eigenvalue weighted by Crippen LogP contribution is -2.31. The summed E-state index contributed by atoms with van der Waals surface area (Å²) in [7, 11) is 0. The molecular weight excluding hydrogens is 448 g/mol. The molecule has 3 fully saturated rings. The number of esters is 1. The van der Waals surface area contributed by atoms with Crippen molar-refractivity contribution in [3.63, 3.8) is 0 Å². The van der Waals surface area contributed by atoms with E-state index in [4.69, 9.17) is 14.7 Å².